The monoisotopic (exact) mass is 370 g/mol. The van der Waals surface area contributed by atoms with E-state index in [0.29, 0.717) is 0 Å². The first-order valence-electron chi connectivity index (χ1n) is 7.42. The van der Waals surface area contributed by atoms with Crippen LogP contribution < -0.4 is 11.3 Å². The summed E-state index contributed by atoms with van der Waals surface area (Å²) in [6, 6.07) is 1.48. The van der Waals surface area contributed by atoms with Crippen LogP contribution in [0.4, 0.5) is 10.3 Å². The van der Waals surface area contributed by atoms with Crippen molar-refractivity contribution in [3.8, 4) is 11.8 Å². The van der Waals surface area contributed by atoms with Crippen LogP contribution in [0.1, 0.15) is 13.2 Å². The molecule has 5 N–H and O–H groups in total. The third-order valence-corrected chi connectivity index (χ3v) is 4.57. The molecule has 25 heavy (non-hydrogen) atoms. The van der Waals surface area contributed by atoms with Crippen molar-refractivity contribution in [2.24, 2.45) is 0 Å². The third-order valence-electron chi connectivity index (χ3n) is 4.06. The standard InChI is InChI=1S/C15H16ClFN4O4/c1-7(22)9-10(23)15(16,4-2-5-17)13(25-9)21-6-3-8-11(21)19-14(18)20-12(8)24/h3,6-7,9-10,13,22-23H,5H2,1H3,(H3,18,19,20,24)/t7-,9-,10+,13-,15?/m1/s1. The van der Waals surface area contributed by atoms with Gasteiger partial charge in [0, 0.05) is 6.20 Å². The number of H-pyrrole nitrogens is 1. The second-order valence-corrected chi connectivity index (χ2v) is 6.38. The molecule has 0 amide bonds. The number of halogens is 2. The summed E-state index contributed by atoms with van der Waals surface area (Å²) < 4.78 is 19.6. The van der Waals surface area contributed by atoms with Gasteiger partial charge in [-0.2, -0.15) is 4.98 Å². The lowest BCUT2D eigenvalue weighted by Gasteiger charge is -2.26. The third kappa shape index (κ3) is 2.77. The number of hydrogen-bond acceptors (Lipinski definition) is 6. The summed E-state index contributed by atoms with van der Waals surface area (Å²) in [4.78, 5) is 16.6. The largest absolute Gasteiger partial charge is 0.391 e. The van der Waals surface area contributed by atoms with Gasteiger partial charge in [-0.05, 0) is 13.0 Å². The molecule has 1 unspecified atom stereocenters. The summed E-state index contributed by atoms with van der Waals surface area (Å²) in [6.45, 7) is 0.454. The Morgan fingerprint density at radius 3 is 3.04 bits per heavy atom. The van der Waals surface area contributed by atoms with Crippen LogP contribution in [0, 0.1) is 11.8 Å². The highest BCUT2D eigenvalue weighted by molar-refractivity contribution is 6.27. The number of anilines is 1. The number of aromatic amines is 1. The van der Waals surface area contributed by atoms with Gasteiger partial charge in [-0.3, -0.25) is 9.78 Å². The lowest BCUT2D eigenvalue weighted by Crippen LogP contribution is -2.43. The van der Waals surface area contributed by atoms with Crippen LogP contribution >= 0.6 is 11.6 Å². The molecule has 134 valence electrons. The van der Waals surface area contributed by atoms with Crippen molar-refractivity contribution in [2.75, 3.05) is 12.4 Å². The van der Waals surface area contributed by atoms with E-state index in [0.717, 1.165) is 0 Å². The molecule has 1 saturated heterocycles. The summed E-state index contributed by atoms with van der Waals surface area (Å²) in [5.41, 5.74) is 5.29. The van der Waals surface area contributed by atoms with Gasteiger partial charge in [0.15, 0.2) is 16.7 Å². The number of ether oxygens (including phenoxy) is 1. The summed E-state index contributed by atoms with van der Waals surface area (Å²) in [5.74, 6) is 4.54. The van der Waals surface area contributed by atoms with Crippen molar-refractivity contribution in [2.45, 2.75) is 36.3 Å². The van der Waals surface area contributed by atoms with E-state index in [1.54, 1.807) is 0 Å². The molecule has 10 heteroatoms. The molecule has 3 heterocycles. The van der Waals surface area contributed by atoms with Gasteiger partial charge in [0.25, 0.3) is 5.56 Å². The highest BCUT2D eigenvalue weighted by Gasteiger charge is 2.57. The predicted molar refractivity (Wildman–Crippen MR) is 88.7 cm³/mol. The van der Waals surface area contributed by atoms with Gasteiger partial charge < -0.3 is 25.3 Å². The Morgan fingerprint density at radius 2 is 2.40 bits per heavy atom. The van der Waals surface area contributed by atoms with E-state index in [1.807, 2.05) is 0 Å². The van der Waals surface area contributed by atoms with Gasteiger partial charge in [-0.15, -0.1) is 0 Å². The van der Waals surface area contributed by atoms with Crippen molar-refractivity contribution < 1.29 is 19.3 Å². The number of alkyl halides is 2. The smallest absolute Gasteiger partial charge is 0.261 e. The number of hydrogen-bond donors (Lipinski definition) is 4. The molecule has 1 aliphatic rings. The van der Waals surface area contributed by atoms with E-state index in [1.165, 1.54) is 23.8 Å². The van der Waals surface area contributed by atoms with Crippen molar-refractivity contribution in [1.82, 2.24) is 14.5 Å². The number of rotatable bonds is 2. The van der Waals surface area contributed by atoms with Crippen LogP contribution in [-0.4, -0.2) is 54.6 Å². The summed E-state index contributed by atoms with van der Waals surface area (Å²) in [5, 5.41) is 20.5. The zero-order valence-electron chi connectivity index (χ0n) is 13.1. The van der Waals surface area contributed by atoms with Gasteiger partial charge in [0.2, 0.25) is 5.95 Å². The number of aliphatic hydroxyl groups excluding tert-OH is 2. The van der Waals surface area contributed by atoms with Gasteiger partial charge in [-0.25, -0.2) is 4.39 Å². The maximum Gasteiger partial charge on any atom is 0.261 e. The van der Waals surface area contributed by atoms with Crippen molar-refractivity contribution in [1.29, 1.82) is 0 Å². The fraction of sp³-hybridized carbons (Fsp3) is 0.467. The minimum absolute atomic E-state index is 0.113. The number of aliphatic hydroxyl groups is 2. The average molecular weight is 371 g/mol. The molecule has 2 aromatic heterocycles. The van der Waals surface area contributed by atoms with Crippen LogP contribution in [-0.2, 0) is 4.74 Å². The number of nitrogens with zero attached hydrogens (tertiary/aromatic N) is 2. The van der Waals surface area contributed by atoms with Crippen LogP contribution in [0.2, 0.25) is 0 Å². The van der Waals surface area contributed by atoms with Crippen LogP contribution in [0.25, 0.3) is 11.0 Å². The normalized spacial score (nSPS) is 30.2. The second-order valence-electron chi connectivity index (χ2n) is 5.75. The summed E-state index contributed by atoms with van der Waals surface area (Å²) >= 11 is 6.48. The SMILES string of the molecule is C[C@@H](O)[C@H]1O[C@@H](n2ccc3c(=O)[nH]c(N)nc32)C(Cl)(C#CCF)[C@H]1O. The fourth-order valence-corrected chi connectivity index (χ4v) is 3.25. The molecular formula is C15H16ClFN4O4. The molecule has 5 atom stereocenters. The van der Waals surface area contributed by atoms with Crippen LogP contribution in [0.5, 0.6) is 0 Å². The summed E-state index contributed by atoms with van der Waals surface area (Å²) in [6.07, 6.45) is -3.19. The molecule has 8 nitrogen and oxygen atoms in total. The van der Waals surface area contributed by atoms with E-state index in [2.05, 4.69) is 21.8 Å². The van der Waals surface area contributed by atoms with E-state index in [-0.39, 0.29) is 17.0 Å². The van der Waals surface area contributed by atoms with E-state index < -0.39 is 41.6 Å². The molecular weight excluding hydrogens is 355 g/mol. The second kappa shape index (κ2) is 6.31. The van der Waals surface area contributed by atoms with E-state index in [9.17, 15) is 19.4 Å². The lowest BCUT2D eigenvalue weighted by atomic mass is 9.96. The number of aromatic nitrogens is 3. The molecule has 3 rings (SSSR count). The first-order valence-corrected chi connectivity index (χ1v) is 7.80. The van der Waals surface area contributed by atoms with Gasteiger partial charge in [0.05, 0.1) is 11.5 Å². The molecule has 2 aromatic rings. The van der Waals surface area contributed by atoms with E-state index in [4.69, 9.17) is 22.1 Å². The first-order chi connectivity index (χ1) is 11.8. The Hall–Kier alpha value is -2.12. The highest BCUT2D eigenvalue weighted by atomic mass is 35.5. The molecule has 0 spiro atoms. The number of nitrogens with one attached hydrogen (secondary N) is 1. The minimum Gasteiger partial charge on any atom is -0.391 e. The Labute approximate surface area is 146 Å². The quantitative estimate of drug-likeness (QED) is 0.432. The predicted octanol–water partition coefficient (Wildman–Crippen LogP) is -0.104. The summed E-state index contributed by atoms with van der Waals surface area (Å²) in [7, 11) is 0. The van der Waals surface area contributed by atoms with E-state index >= 15 is 0 Å². The molecule has 0 aliphatic carbocycles. The zero-order valence-corrected chi connectivity index (χ0v) is 13.9. The molecule has 0 bridgehead atoms. The Kier molecular flexibility index (Phi) is 4.47. The lowest BCUT2D eigenvalue weighted by molar-refractivity contribution is -0.0751. The highest BCUT2D eigenvalue weighted by Crippen LogP contribution is 2.45. The van der Waals surface area contributed by atoms with Crippen LogP contribution in [0.15, 0.2) is 17.1 Å². The molecule has 1 aliphatic heterocycles. The van der Waals surface area contributed by atoms with Gasteiger partial charge in [-0.1, -0.05) is 23.4 Å². The number of fused-ring (bicyclic) bond motifs is 1. The van der Waals surface area contributed by atoms with Crippen molar-refractivity contribution >= 4 is 28.6 Å². The Bertz CT molecular complexity index is 918. The molecule has 0 aromatic carbocycles. The van der Waals surface area contributed by atoms with Gasteiger partial charge >= 0.3 is 0 Å². The average Bonchev–Trinajstić information content (AvgIpc) is 3.06. The molecule has 0 saturated carbocycles. The maximum atomic E-state index is 12.5. The first kappa shape index (κ1) is 17.7. The topological polar surface area (TPSA) is 126 Å². The van der Waals surface area contributed by atoms with Gasteiger partial charge in [0.1, 0.15) is 18.9 Å². The Balaban J connectivity index is 2.18. The Morgan fingerprint density at radius 1 is 1.68 bits per heavy atom. The minimum atomic E-state index is -1.75. The van der Waals surface area contributed by atoms with Crippen LogP contribution in [0.3, 0.4) is 0 Å². The number of nitrogen functional groups attached to an aromatic ring is 1. The zero-order chi connectivity index (χ0) is 18.4. The molecule has 0 radical (unpaired) electrons. The molecule has 1 fully saturated rings. The van der Waals surface area contributed by atoms with Crippen molar-refractivity contribution in [3.63, 3.8) is 0 Å². The fourth-order valence-electron chi connectivity index (χ4n) is 2.91. The maximum absolute atomic E-state index is 12.5. The number of nitrogens with two attached hydrogens (primary N) is 1. The van der Waals surface area contributed by atoms with Crippen molar-refractivity contribution in [3.05, 3.63) is 22.6 Å².